The zero-order valence-corrected chi connectivity index (χ0v) is 11.8. The molecule has 1 aromatic heterocycles. The maximum atomic E-state index is 11.9. The highest BCUT2D eigenvalue weighted by molar-refractivity contribution is 5.82. The first-order valence-corrected chi connectivity index (χ1v) is 6.56. The van der Waals surface area contributed by atoms with Gasteiger partial charge in [0.1, 0.15) is 19.1 Å². The summed E-state index contributed by atoms with van der Waals surface area (Å²) in [4.78, 5) is 26.3. The van der Waals surface area contributed by atoms with Crippen LogP contribution in [-0.2, 0) is 16.0 Å². The van der Waals surface area contributed by atoms with Crippen molar-refractivity contribution in [3.63, 3.8) is 0 Å². The fraction of sp³-hybridized carbons (Fsp3) is 0.500. The van der Waals surface area contributed by atoms with Gasteiger partial charge in [-0.05, 0) is 25.3 Å². The summed E-state index contributed by atoms with van der Waals surface area (Å²) in [6.45, 7) is 0.660. The van der Waals surface area contributed by atoms with E-state index in [1.807, 2.05) is 0 Å². The van der Waals surface area contributed by atoms with Crippen LogP contribution in [0.25, 0.3) is 0 Å². The number of aromatic nitrogens is 1. The van der Waals surface area contributed by atoms with Gasteiger partial charge in [0.05, 0.1) is 12.0 Å². The molecule has 1 aromatic rings. The van der Waals surface area contributed by atoms with E-state index >= 15 is 0 Å². The number of alkyl halides is 1. The Kier molecular flexibility index (Phi) is 6.74. The Balaban J connectivity index is 2.66. The third-order valence-corrected chi connectivity index (χ3v) is 3.02. The average Bonchev–Trinajstić information content (AvgIpc) is 2.45. The molecule has 0 aliphatic rings. The second kappa shape index (κ2) is 8.31. The first kappa shape index (κ1) is 17.0. The Bertz CT molecular complexity index is 478. The number of nitrogens with zero attached hydrogens (tertiary/aromatic N) is 1. The van der Waals surface area contributed by atoms with Crippen molar-refractivity contribution in [1.29, 1.82) is 0 Å². The summed E-state index contributed by atoms with van der Waals surface area (Å²) in [7, 11) is 0. The van der Waals surface area contributed by atoms with E-state index in [1.165, 1.54) is 13.1 Å². The highest BCUT2D eigenvalue weighted by atomic mass is 18.2. The van der Waals surface area contributed by atoms with Gasteiger partial charge < -0.3 is 15.6 Å². The van der Waals surface area contributed by atoms with Gasteiger partial charge in [-0.15, -0.1) is 0 Å². The van der Waals surface area contributed by atoms with Crippen molar-refractivity contribution >= 4 is 11.8 Å². The summed E-state index contributed by atoms with van der Waals surface area (Å²) in [5, 5.41) is 9.18. The van der Waals surface area contributed by atoms with Crippen molar-refractivity contribution in [2.75, 3.05) is 13.3 Å². The Morgan fingerprint density at radius 2 is 2.19 bits per heavy atom. The van der Waals surface area contributed by atoms with Crippen LogP contribution in [-0.4, -0.2) is 41.2 Å². The molecule has 0 saturated heterocycles. The number of carboxylic acid groups (broad SMARTS) is 1. The number of carbonyl (C=O) groups is 2. The largest absolute Gasteiger partial charge is 0.481 e. The van der Waals surface area contributed by atoms with E-state index in [0.29, 0.717) is 5.56 Å². The van der Waals surface area contributed by atoms with Crippen molar-refractivity contribution < 1.29 is 23.8 Å². The topological polar surface area (TPSA) is 103 Å². The number of Topliss-reactive ketones (excluding diaryl/α,β-unsaturated/α-hetero) is 1. The molecular weight excluding hydrogens is 278 g/mol. The number of nitrogens with two attached hydrogens (primary N) is 1. The van der Waals surface area contributed by atoms with Gasteiger partial charge in [-0.3, -0.25) is 9.59 Å². The maximum Gasteiger partial charge on any atom is 0.306 e. The second-order valence-corrected chi connectivity index (χ2v) is 4.73. The maximum absolute atomic E-state index is 11.9. The van der Waals surface area contributed by atoms with Gasteiger partial charge >= 0.3 is 5.97 Å². The predicted octanol–water partition coefficient (Wildman–Crippen LogP) is 0.980. The number of carbonyl (C=O) groups excluding carboxylic acids is 1. The number of ether oxygens (including phenoxy) is 1. The molecule has 0 spiro atoms. The minimum Gasteiger partial charge on any atom is -0.481 e. The fourth-order valence-electron chi connectivity index (χ4n) is 1.79. The summed E-state index contributed by atoms with van der Waals surface area (Å²) in [5.41, 5.74) is 6.29. The van der Waals surface area contributed by atoms with Gasteiger partial charge in [-0.25, -0.2) is 9.37 Å². The van der Waals surface area contributed by atoms with Crippen LogP contribution < -0.4 is 10.5 Å². The number of halogens is 1. The molecule has 0 aromatic carbocycles. The van der Waals surface area contributed by atoms with E-state index < -0.39 is 24.6 Å². The number of carboxylic acids is 1. The summed E-state index contributed by atoms with van der Waals surface area (Å²) >= 11 is 0. The highest BCUT2D eigenvalue weighted by Gasteiger charge is 2.23. The molecule has 0 unspecified atom stereocenters. The molecule has 3 N–H and O–H groups in total. The smallest absolute Gasteiger partial charge is 0.306 e. The van der Waals surface area contributed by atoms with Crippen LogP contribution in [0.4, 0.5) is 4.39 Å². The van der Waals surface area contributed by atoms with Crippen molar-refractivity contribution in [2.45, 2.75) is 25.8 Å². The Labute approximate surface area is 122 Å². The van der Waals surface area contributed by atoms with Crippen molar-refractivity contribution in [1.82, 2.24) is 4.98 Å². The van der Waals surface area contributed by atoms with Crippen LogP contribution in [0.15, 0.2) is 18.3 Å². The summed E-state index contributed by atoms with van der Waals surface area (Å²) in [5.74, 6) is -1.73. The van der Waals surface area contributed by atoms with Crippen LogP contribution in [0.2, 0.25) is 0 Å². The van der Waals surface area contributed by atoms with E-state index in [4.69, 9.17) is 10.5 Å². The molecule has 2 atom stereocenters. The Morgan fingerprint density at radius 1 is 1.48 bits per heavy atom. The van der Waals surface area contributed by atoms with Gasteiger partial charge in [0.2, 0.25) is 5.88 Å². The molecule has 0 aliphatic heterocycles. The molecule has 0 radical (unpaired) electrons. The van der Waals surface area contributed by atoms with Crippen LogP contribution >= 0.6 is 0 Å². The van der Waals surface area contributed by atoms with Crippen molar-refractivity contribution in [2.24, 2.45) is 11.7 Å². The quantitative estimate of drug-likeness (QED) is 0.704. The van der Waals surface area contributed by atoms with Crippen molar-refractivity contribution in [3.8, 4) is 5.88 Å². The number of rotatable bonds is 9. The number of aliphatic carboxylic acids is 1. The third-order valence-electron chi connectivity index (χ3n) is 3.02. The highest BCUT2D eigenvalue weighted by Crippen LogP contribution is 2.16. The first-order valence-electron chi connectivity index (χ1n) is 6.56. The number of hydrogen-bond acceptors (Lipinski definition) is 5. The molecule has 6 nitrogen and oxygen atoms in total. The van der Waals surface area contributed by atoms with Gasteiger partial charge in [-0.2, -0.15) is 0 Å². The van der Waals surface area contributed by atoms with Crippen LogP contribution in [0.5, 0.6) is 5.88 Å². The molecule has 1 rings (SSSR count). The normalized spacial score (nSPS) is 13.5. The fourth-order valence-corrected chi connectivity index (χ4v) is 1.79. The zero-order chi connectivity index (χ0) is 15.8. The monoisotopic (exact) mass is 297 g/mol. The van der Waals surface area contributed by atoms with E-state index in [1.54, 1.807) is 12.1 Å². The van der Waals surface area contributed by atoms with Gasteiger partial charge in [0.25, 0.3) is 0 Å². The SMILES string of the molecule is CC(=O)[C@@H](N)C[C@H](Cc1ccc(OCC[18F])nc1)C(=O)O. The minimum atomic E-state index is -1.01. The molecular formula is C14H19FN2O4. The molecule has 0 fully saturated rings. The van der Waals surface area contributed by atoms with E-state index in [2.05, 4.69) is 4.98 Å². The van der Waals surface area contributed by atoms with Gasteiger partial charge in [0.15, 0.2) is 0 Å². The molecule has 116 valence electrons. The molecule has 0 aliphatic carbocycles. The average molecular weight is 297 g/mol. The van der Waals surface area contributed by atoms with E-state index in [-0.39, 0.29) is 31.1 Å². The number of ketones is 1. The molecule has 0 amide bonds. The molecule has 21 heavy (non-hydrogen) atoms. The summed E-state index contributed by atoms with van der Waals surface area (Å²) in [6, 6.07) is 2.43. The lowest BCUT2D eigenvalue weighted by Crippen LogP contribution is -2.33. The van der Waals surface area contributed by atoms with Crippen LogP contribution in [0.1, 0.15) is 18.9 Å². The second-order valence-electron chi connectivity index (χ2n) is 4.73. The lowest BCUT2D eigenvalue weighted by molar-refractivity contribution is -0.142. The molecule has 0 saturated carbocycles. The summed E-state index contributed by atoms with van der Waals surface area (Å²) < 4.78 is 16.9. The number of hydrogen-bond donors (Lipinski definition) is 2. The molecule has 0 bridgehead atoms. The minimum absolute atomic E-state index is 0.0719. The third kappa shape index (κ3) is 5.86. The molecule has 1 heterocycles. The van der Waals surface area contributed by atoms with Crippen LogP contribution in [0.3, 0.4) is 0 Å². The van der Waals surface area contributed by atoms with E-state index in [9.17, 15) is 19.1 Å². The van der Waals surface area contributed by atoms with E-state index in [0.717, 1.165) is 0 Å². The zero-order valence-electron chi connectivity index (χ0n) is 11.8. The van der Waals surface area contributed by atoms with Crippen molar-refractivity contribution in [3.05, 3.63) is 23.9 Å². The van der Waals surface area contributed by atoms with Crippen LogP contribution in [0, 0.1) is 5.92 Å². The van der Waals surface area contributed by atoms with Gasteiger partial charge in [-0.1, -0.05) is 6.07 Å². The van der Waals surface area contributed by atoms with Gasteiger partial charge in [0, 0.05) is 12.3 Å². The first-order chi connectivity index (χ1) is 9.93. The lowest BCUT2D eigenvalue weighted by atomic mass is 9.92. The Morgan fingerprint density at radius 3 is 2.67 bits per heavy atom. The Hall–Kier alpha value is -2.02. The summed E-state index contributed by atoms with van der Waals surface area (Å²) in [6.07, 6.45) is 1.76. The molecule has 7 heteroatoms. The number of pyridine rings is 1. The lowest BCUT2D eigenvalue weighted by Gasteiger charge is -2.15. The standard InChI is InChI=1S/C14H19FN2O4/c1-9(18)12(16)7-11(14(19)20)6-10-2-3-13(17-8-10)21-5-4-15/h2-3,8,11-12H,4-7,16H2,1H3,(H,19,20)/t11-,12-/m0/s1/i15-1. The predicted molar refractivity (Wildman–Crippen MR) is 73.8 cm³/mol.